The van der Waals surface area contributed by atoms with Crippen LogP contribution in [0.1, 0.15) is 58.4 Å². The van der Waals surface area contributed by atoms with Crippen LogP contribution in [-0.2, 0) is 20.8 Å². The highest BCUT2D eigenvalue weighted by Gasteiger charge is 2.35. The second kappa shape index (κ2) is 11.3. The maximum atomic E-state index is 13.7. The molecule has 1 amide bonds. The zero-order valence-electron chi connectivity index (χ0n) is 21.6. The van der Waals surface area contributed by atoms with Gasteiger partial charge < -0.3 is 9.47 Å². The van der Waals surface area contributed by atoms with E-state index in [2.05, 4.69) is 10.3 Å². The maximum Gasteiger partial charge on any atom is 0.361 e. The highest BCUT2D eigenvalue weighted by Crippen LogP contribution is 2.34. The first-order valence-electron chi connectivity index (χ1n) is 12.7. The predicted octanol–water partition coefficient (Wildman–Crippen LogP) is 4.16. The summed E-state index contributed by atoms with van der Waals surface area (Å²) in [6, 6.07) is 23.3. The molecule has 0 aliphatic carbocycles. The topological polar surface area (TPSA) is 116 Å². The highest BCUT2D eigenvalue weighted by atomic mass is 16.5. The fraction of sp³-hybridized carbons (Fsp3) is 0.241. The number of carbonyl (C=O) groups excluding carboxylic acids is 3. The van der Waals surface area contributed by atoms with Gasteiger partial charge in [-0.15, -0.1) is 5.10 Å². The van der Waals surface area contributed by atoms with E-state index in [4.69, 9.17) is 14.6 Å². The number of rotatable bonds is 8. The number of nitrogens with zero attached hydrogens (tertiary/aromatic N) is 5. The summed E-state index contributed by atoms with van der Waals surface area (Å²) in [6.45, 7) is 3.06. The molecule has 198 valence electrons. The Balaban J connectivity index is 1.52. The summed E-state index contributed by atoms with van der Waals surface area (Å²) in [5.41, 5.74) is 2.09. The molecule has 10 nitrogen and oxygen atoms in total. The van der Waals surface area contributed by atoms with Gasteiger partial charge in [-0.1, -0.05) is 78.0 Å². The van der Waals surface area contributed by atoms with Crippen LogP contribution in [0.15, 0.2) is 77.9 Å². The van der Waals surface area contributed by atoms with E-state index in [0.717, 1.165) is 32.3 Å². The van der Waals surface area contributed by atoms with E-state index in [9.17, 15) is 14.4 Å². The van der Waals surface area contributed by atoms with Gasteiger partial charge in [-0.2, -0.15) is 5.10 Å². The molecule has 1 aromatic heterocycles. The average molecular weight is 526 g/mol. The van der Waals surface area contributed by atoms with E-state index < -0.39 is 17.8 Å². The van der Waals surface area contributed by atoms with Crippen LogP contribution in [0.5, 0.6) is 0 Å². The van der Waals surface area contributed by atoms with E-state index >= 15 is 0 Å². The molecule has 39 heavy (non-hydrogen) atoms. The van der Waals surface area contributed by atoms with Gasteiger partial charge in [-0.3, -0.25) is 4.79 Å². The quantitative estimate of drug-likeness (QED) is 0.317. The molecular formula is C29H27N5O5. The van der Waals surface area contributed by atoms with E-state index in [1.807, 2.05) is 72.8 Å². The van der Waals surface area contributed by atoms with Gasteiger partial charge in [0.1, 0.15) is 6.54 Å². The molecule has 0 N–H and O–H groups in total. The van der Waals surface area contributed by atoms with Gasteiger partial charge in [0.15, 0.2) is 5.69 Å². The average Bonchev–Trinajstić information content (AvgIpc) is 3.59. The number of esters is 2. The Morgan fingerprint density at radius 1 is 0.872 bits per heavy atom. The Morgan fingerprint density at radius 2 is 1.56 bits per heavy atom. The van der Waals surface area contributed by atoms with Crippen LogP contribution < -0.4 is 0 Å². The number of ether oxygens (including phenoxy) is 2. The van der Waals surface area contributed by atoms with Crippen molar-refractivity contribution >= 4 is 34.3 Å². The second-order valence-corrected chi connectivity index (χ2v) is 8.83. The molecule has 3 aromatic carbocycles. The lowest BCUT2D eigenvalue weighted by Crippen LogP contribution is -2.32. The third kappa shape index (κ3) is 5.13. The molecule has 1 atom stereocenters. The van der Waals surface area contributed by atoms with Gasteiger partial charge in [-0.25, -0.2) is 19.3 Å². The van der Waals surface area contributed by atoms with E-state index in [1.165, 1.54) is 5.01 Å². The van der Waals surface area contributed by atoms with E-state index in [-0.39, 0.29) is 37.2 Å². The number of hydrogen-bond acceptors (Lipinski definition) is 8. The first-order valence-corrected chi connectivity index (χ1v) is 12.7. The molecule has 1 aliphatic heterocycles. The molecule has 0 radical (unpaired) electrons. The van der Waals surface area contributed by atoms with Gasteiger partial charge in [0, 0.05) is 12.0 Å². The molecule has 0 saturated carbocycles. The van der Waals surface area contributed by atoms with Crippen molar-refractivity contribution in [2.45, 2.75) is 32.9 Å². The Kier molecular flexibility index (Phi) is 7.44. The van der Waals surface area contributed by atoms with Crippen molar-refractivity contribution < 1.29 is 23.9 Å². The van der Waals surface area contributed by atoms with Crippen molar-refractivity contribution in [3.63, 3.8) is 0 Å². The minimum absolute atomic E-state index is 0.0706. The van der Waals surface area contributed by atoms with Gasteiger partial charge >= 0.3 is 11.9 Å². The number of benzene rings is 3. The molecule has 0 fully saturated rings. The molecular weight excluding hydrogens is 498 g/mol. The molecule has 5 rings (SSSR count). The lowest BCUT2D eigenvalue weighted by Gasteiger charge is -2.22. The van der Waals surface area contributed by atoms with Gasteiger partial charge in [0.25, 0.3) is 5.91 Å². The van der Waals surface area contributed by atoms with Gasteiger partial charge in [0.2, 0.25) is 5.69 Å². The van der Waals surface area contributed by atoms with Crippen molar-refractivity contribution in [3.05, 3.63) is 95.3 Å². The summed E-state index contributed by atoms with van der Waals surface area (Å²) in [7, 11) is 0. The van der Waals surface area contributed by atoms with E-state index in [0.29, 0.717) is 6.42 Å². The summed E-state index contributed by atoms with van der Waals surface area (Å²) in [5, 5.41) is 16.1. The lowest BCUT2D eigenvalue weighted by atomic mass is 9.95. The largest absolute Gasteiger partial charge is 0.461 e. The minimum Gasteiger partial charge on any atom is -0.461 e. The summed E-state index contributed by atoms with van der Waals surface area (Å²) < 4.78 is 11.2. The van der Waals surface area contributed by atoms with Gasteiger partial charge in [-0.05, 0) is 30.2 Å². The Hall–Kier alpha value is -4.86. The molecule has 1 aliphatic rings. The van der Waals surface area contributed by atoms with Crippen LogP contribution in [-0.4, -0.2) is 56.8 Å². The number of carbonyl (C=O) groups is 3. The third-order valence-electron chi connectivity index (χ3n) is 6.41. The SMILES string of the molecule is CCOC(=O)c1nnn(CC(=O)N2N=C(c3cccc4ccccc34)C[C@@H]2c2ccccc2)c1C(=O)OCC. The predicted molar refractivity (Wildman–Crippen MR) is 143 cm³/mol. The van der Waals surface area contributed by atoms with Crippen molar-refractivity contribution in [3.8, 4) is 0 Å². The van der Waals surface area contributed by atoms with Crippen molar-refractivity contribution in [2.75, 3.05) is 13.2 Å². The van der Waals surface area contributed by atoms with Crippen LogP contribution in [0.4, 0.5) is 0 Å². The van der Waals surface area contributed by atoms with Crippen LogP contribution in [0.3, 0.4) is 0 Å². The molecule has 4 aromatic rings. The Morgan fingerprint density at radius 3 is 2.33 bits per heavy atom. The first-order chi connectivity index (χ1) is 19.0. The van der Waals surface area contributed by atoms with Crippen molar-refractivity contribution in [2.24, 2.45) is 5.10 Å². The summed E-state index contributed by atoms with van der Waals surface area (Å²) >= 11 is 0. The number of aromatic nitrogens is 3. The normalized spacial score (nSPS) is 14.8. The summed E-state index contributed by atoms with van der Waals surface area (Å²) in [4.78, 5) is 38.9. The number of hydrazone groups is 1. The van der Waals surface area contributed by atoms with Crippen LogP contribution >= 0.6 is 0 Å². The Labute approximate surface area is 224 Å². The zero-order valence-corrected chi connectivity index (χ0v) is 21.6. The van der Waals surface area contributed by atoms with Crippen LogP contribution in [0, 0.1) is 0 Å². The Bertz CT molecular complexity index is 1560. The molecule has 2 heterocycles. The molecule has 0 bridgehead atoms. The molecule has 10 heteroatoms. The summed E-state index contributed by atoms with van der Waals surface area (Å²) in [6.07, 6.45) is 0.500. The second-order valence-electron chi connectivity index (χ2n) is 8.83. The maximum absolute atomic E-state index is 13.7. The van der Waals surface area contributed by atoms with E-state index in [1.54, 1.807) is 13.8 Å². The molecule has 0 unspecified atom stereocenters. The third-order valence-corrected chi connectivity index (χ3v) is 6.41. The highest BCUT2D eigenvalue weighted by molar-refractivity contribution is 6.12. The monoisotopic (exact) mass is 525 g/mol. The van der Waals surface area contributed by atoms with Crippen LogP contribution in [0.25, 0.3) is 10.8 Å². The zero-order chi connectivity index (χ0) is 27.4. The van der Waals surface area contributed by atoms with Gasteiger partial charge in [0.05, 0.1) is 25.0 Å². The number of hydrogen-bond donors (Lipinski definition) is 0. The standard InChI is InChI=1S/C29H27N5O5/c1-3-38-28(36)26-27(29(37)39-4-2)33(32-30-26)18-25(35)34-24(20-12-6-5-7-13-20)17-23(31-34)22-16-10-14-19-11-8-9-15-21(19)22/h5-16,24H,3-4,17-18H2,1-2H3/t24-/m1/s1. The van der Waals surface area contributed by atoms with Crippen molar-refractivity contribution in [1.29, 1.82) is 0 Å². The van der Waals surface area contributed by atoms with Crippen LogP contribution in [0.2, 0.25) is 0 Å². The lowest BCUT2D eigenvalue weighted by molar-refractivity contribution is -0.133. The first kappa shape index (κ1) is 25.8. The molecule has 0 saturated heterocycles. The fourth-order valence-corrected chi connectivity index (χ4v) is 4.68. The summed E-state index contributed by atoms with van der Waals surface area (Å²) in [5.74, 6) is -2.07. The smallest absolute Gasteiger partial charge is 0.361 e. The number of fused-ring (bicyclic) bond motifs is 1. The minimum atomic E-state index is -0.821. The van der Waals surface area contributed by atoms with Crippen molar-refractivity contribution in [1.82, 2.24) is 20.0 Å². The number of amides is 1. The molecule has 0 spiro atoms. The fourth-order valence-electron chi connectivity index (χ4n) is 4.68.